The predicted octanol–water partition coefficient (Wildman–Crippen LogP) is 10.2. The monoisotopic (exact) mass is 842 g/mol. The third kappa shape index (κ3) is 11.4. The van der Waals surface area contributed by atoms with Crippen molar-refractivity contribution in [2.75, 3.05) is 13.2 Å². The summed E-state index contributed by atoms with van der Waals surface area (Å²) in [6, 6.07) is 16.2. The average Bonchev–Trinajstić information content (AvgIpc) is 3.10. The summed E-state index contributed by atoms with van der Waals surface area (Å²) in [5.41, 5.74) is 8.34. The number of rotatable bonds is 6. The number of benzene rings is 4. The van der Waals surface area contributed by atoms with E-state index in [2.05, 4.69) is 105 Å². The number of halogens is 1. The summed E-state index contributed by atoms with van der Waals surface area (Å²) in [4.78, 5) is 12.3. The summed E-state index contributed by atoms with van der Waals surface area (Å²) in [5.74, 6) is 0.0925. The minimum atomic E-state index is -0.271. The Bertz CT molecular complexity index is 1990. The van der Waals surface area contributed by atoms with Crippen molar-refractivity contribution in [2.24, 2.45) is 0 Å². The quantitative estimate of drug-likeness (QED) is 0.0958. The fourth-order valence-electron chi connectivity index (χ4n) is 7.43. The zero-order valence-electron chi connectivity index (χ0n) is 37.1. The molecule has 1 aliphatic rings. The molecular formula is C50H63ClO6Ti. The molecule has 310 valence electrons. The van der Waals surface area contributed by atoms with Gasteiger partial charge in [0.25, 0.3) is 0 Å². The van der Waals surface area contributed by atoms with Gasteiger partial charge in [-0.3, -0.25) is 4.79 Å². The van der Waals surface area contributed by atoms with E-state index in [4.69, 9.17) is 9.47 Å². The Labute approximate surface area is 364 Å². The molecule has 8 bridgehead atoms. The molecule has 1 aliphatic carbocycles. The van der Waals surface area contributed by atoms with Crippen LogP contribution in [0.2, 0.25) is 0 Å². The molecule has 58 heavy (non-hydrogen) atoms. The van der Waals surface area contributed by atoms with Crippen LogP contribution in [-0.4, -0.2) is 19.2 Å². The van der Waals surface area contributed by atoms with E-state index in [0.29, 0.717) is 65.0 Å². The van der Waals surface area contributed by atoms with Crippen LogP contribution in [0.5, 0.6) is 23.0 Å². The first kappa shape index (κ1) is 47.2. The van der Waals surface area contributed by atoms with Crippen LogP contribution in [-0.2, 0) is 76.2 Å². The van der Waals surface area contributed by atoms with Crippen molar-refractivity contribution in [3.8, 4) is 23.0 Å². The van der Waals surface area contributed by atoms with Gasteiger partial charge in [0.05, 0.1) is 13.2 Å². The molecule has 0 aliphatic heterocycles. The van der Waals surface area contributed by atoms with Crippen molar-refractivity contribution < 1.29 is 49.0 Å². The Morgan fingerprint density at radius 3 is 1.05 bits per heavy atom. The van der Waals surface area contributed by atoms with Gasteiger partial charge in [-0.15, -0.1) is 17.2 Å². The Balaban J connectivity index is 0.00000366. The van der Waals surface area contributed by atoms with Crippen molar-refractivity contribution in [2.45, 2.75) is 150 Å². The van der Waals surface area contributed by atoms with Crippen LogP contribution in [0.1, 0.15) is 170 Å². The van der Waals surface area contributed by atoms with Crippen LogP contribution < -0.4 is 20.1 Å². The molecule has 0 radical (unpaired) electrons. The Hall–Kier alpha value is -3.45. The van der Waals surface area contributed by atoms with Gasteiger partial charge in [-0.1, -0.05) is 165 Å². The molecule has 4 aromatic carbocycles. The maximum atomic E-state index is 14.7. The normalized spacial score (nSPS) is 13.4. The number of fused-ring (bicyclic) bond motifs is 8. The molecule has 0 unspecified atom stereocenters. The molecule has 8 heteroatoms. The van der Waals surface area contributed by atoms with E-state index in [-0.39, 0.29) is 70.7 Å². The van der Waals surface area contributed by atoms with Gasteiger partial charge in [-0.25, -0.2) is 0 Å². The van der Waals surface area contributed by atoms with Gasteiger partial charge >= 0.3 is 34.6 Å². The summed E-state index contributed by atoms with van der Waals surface area (Å²) >= 11 is 1.47. The number of esters is 1. The summed E-state index contributed by atoms with van der Waals surface area (Å²) in [6.07, 6.45) is 1.66. The number of carbonyl (C=O) groups is 1. The van der Waals surface area contributed by atoms with Crippen molar-refractivity contribution >= 4 is 15.3 Å². The number of carbonyl (C=O) groups excluding carboxylic acids is 1. The zero-order valence-corrected chi connectivity index (χ0v) is 39.4. The summed E-state index contributed by atoms with van der Waals surface area (Å²) in [5, 5.41) is 43.9. The standard InChI is InChI=1S/C50H66O6.ClH.Ti/c1-14-55-42(51)16-15-17-56-46-36-20-34-26-39(48(5,6)7)24-32(44(34)53)18-30-22-38(47(2,3)4)23-31(43(30)52)19-33-25-40(49(8,9)10)27-35(45(33)54)21-37(46)29-41(28-36)50(11,12)13;;/h22-29,52-54H,14-21H2,1-13H3;1H;/q;;+4/p-4. The molecule has 5 rings (SSSR count). The summed E-state index contributed by atoms with van der Waals surface area (Å²) < 4.78 is 11.8. The van der Waals surface area contributed by atoms with E-state index in [9.17, 15) is 20.1 Å². The molecule has 4 aromatic rings. The van der Waals surface area contributed by atoms with Gasteiger partial charge in [0, 0.05) is 19.3 Å². The second kappa shape index (κ2) is 18.4. The van der Waals surface area contributed by atoms with Crippen molar-refractivity contribution in [1.82, 2.24) is 0 Å². The van der Waals surface area contributed by atoms with Crippen LogP contribution in [0.15, 0.2) is 48.5 Å². The summed E-state index contributed by atoms with van der Waals surface area (Å²) in [6.45, 7) is 28.1. The zero-order chi connectivity index (χ0) is 43.5. The van der Waals surface area contributed by atoms with Gasteiger partial charge in [0.1, 0.15) is 5.75 Å². The molecule has 0 heterocycles. The van der Waals surface area contributed by atoms with Crippen LogP contribution in [0, 0.1) is 0 Å². The Morgan fingerprint density at radius 2 is 0.793 bits per heavy atom. The Morgan fingerprint density at radius 1 is 0.534 bits per heavy atom. The average molecular weight is 843 g/mol. The number of ether oxygens (including phenoxy) is 2. The van der Waals surface area contributed by atoms with E-state index in [0.717, 1.165) is 33.4 Å². The SMILES string of the molecule is CCOC(=O)CCCOc1c2cc(C(C)(C)C)cc1Cc1cc(C(C)(C)C)cc(c1[O-])Cc1cc(C(C)(C)C)cc(c1[O-])Cc1cc(C(C)(C)C)cc(c1[O-])C2.[Cl][Ti+3]. The van der Waals surface area contributed by atoms with Gasteiger partial charge < -0.3 is 24.8 Å². The molecule has 0 amide bonds. The molecule has 0 N–H and O–H groups in total. The van der Waals surface area contributed by atoms with Crippen molar-refractivity contribution in [3.05, 3.63) is 115 Å². The molecule has 0 saturated carbocycles. The van der Waals surface area contributed by atoms with E-state index in [1.165, 1.54) is 19.4 Å². The fourth-order valence-corrected chi connectivity index (χ4v) is 7.43. The van der Waals surface area contributed by atoms with Gasteiger partial charge in [-0.05, 0) is 81.2 Å². The van der Waals surface area contributed by atoms with Crippen molar-refractivity contribution in [3.63, 3.8) is 0 Å². The third-order valence-corrected chi connectivity index (χ3v) is 11.0. The van der Waals surface area contributed by atoms with Crippen molar-refractivity contribution in [1.29, 1.82) is 0 Å². The summed E-state index contributed by atoms with van der Waals surface area (Å²) in [7, 11) is 4.64. The molecule has 6 nitrogen and oxygen atoms in total. The molecule has 0 fully saturated rings. The van der Waals surface area contributed by atoms with E-state index < -0.39 is 0 Å². The number of hydrogen-bond donors (Lipinski definition) is 0. The second-order valence-electron chi connectivity index (χ2n) is 20.0. The first-order valence-corrected chi connectivity index (χ1v) is 22.6. The molecular weight excluding hydrogens is 780 g/mol. The first-order chi connectivity index (χ1) is 26.9. The van der Waals surface area contributed by atoms with Crippen LogP contribution in [0.3, 0.4) is 0 Å². The van der Waals surface area contributed by atoms with Gasteiger partial charge in [0.2, 0.25) is 0 Å². The van der Waals surface area contributed by atoms with E-state index >= 15 is 0 Å². The van der Waals surface area contributed by atoms with Crippen LogP contribution >= 0.6 is 9.30 Å². The molecule has 0 atom stereocenters. The molecule has 0 spiro atoms. The van der Waals surface area contributed by atoms with Crippen LogP contribution in [0.4, 0.5) is 0 Å². The molecule has 0 saturated heterocycles. The number of hydrogen-bond acceptors (Lipinski definition) is 6. The first-order valence-electron chi connectivity index (χ1n) is 20.5. The van der Waals surface area contributed by atoms with Gasteiger partial charge in [0.15, 0.2) is 0 Å². The van der Waals surface area contributed by atoms with E-state index in [1.807, 2.05) is 36.4 Å². The van der Waals surface area contributed by atoms with E-state index in [1.54, 1.807) is 6.92 Å². The van der Waals surface area contributed by atoms with Crippen LogP contribution in [0.25, 0.3) is 0 Å². The van der Waals surface area contributed by atoms with Gasteiger partial charge in [-0.2, -0.15) is 0 Å². The Kier molecular flexibility index (Phi) is 15.0. The topological polar surface area (TPSA) is 105 Å². The second-order valence-corrected chi connectivity index (χ2v) is 20.0. The predicted molar refractivity (Wildman–Crippen MR) is 227 cm³/mol. The fraction of sp³-hybridized carbons (Fsp3) is 0.500. The maximum absolute atomic E-state index is 14.7. The third-order valence-electron chi connectivity index (χ3n) is 11.0. The minimum absolute atomic E-state index is 0.0786. The molecule has 0 aromatic heterocycles.